The van der Waals surface area contributed by atoms with Gasteiger partial charge in [0.15, 0.2) is 9.84 Å². The SMILES string of the molecule is C=CCNCCS(=O)(=O)c1ccccc1. The Labute approximate surface area is 90.7 Å². The Balaban J connectivity index is 2.57. The van der Waals surface area contributed by atoms with Crippen LogP contribution in [0.25, 0.3) is 0 Å². The summed E-state index contributed by atoms with van der Waals surface area (Å²) >= 11 is 0. The predicted molar refractivity (Wildman–Crippen MR) is 61.6 cm³/mol. The average Bonchev–Trinajstić information content (AvgIpc) is 2.26. The third kappa shape index (κ3) is 3.85. The Kier molecular flexibility index (Phi) is 4.52. The summed E-state index contributed by atoms with van der Waals surface area (Å²) in [7, 11) is -3.14. The lowest BCUT2D eigenvalue weighted by Gasteiger charge is -2.04. The molecule has 0 amide bonds. The Morgan fingerprint density at radius 3 is 2.53 bits per heavy atom. The van der Waals surface area contributed by atoms with Crippen molar-refractivity contribution in [2.24, 2.45) is 0 Å². The second-order valence-corrected chi connectivity index (χ2v) is 5.23. The normalized spacial score (nSPS) is 11.2. The fourth-order valence-electron chi connectivity index (χ4n) is 1.16. The molecule has 0 heterocycles. The van der Waals surface area contributed by atoms with E-state index in [0.29, 0.717) is 18.0 Å². The summed E-state index contributed by atoms with van der Waals surface area (Å²) in [6.07, 6.45) is 1.70. The molecule has 0 atom stereocenters. The van der Waals surface area contributed by atoms with Crippen molar-refractivity contribution >= 4 is 9.84 Å². The average molecular weight is 225 g/mol. The van der Waals surface area contributed by atoms with Crippen LogP contribution in [0, 0.1) is 0 Å². The Morgan fingerprint density at radius 2 is 1.93 bits per heavy atom. The second kappa shape index (κ2) is 5.68. The molecular weight excluding hydrogens is 210 g/mol. The van der Waals surface area contributed by atoms with Gasteiger partial charge in [-0.3, -0.25) is 0 Å². The van der Waals surface area contributed by atoms with Crippen molar-refractivity contribution in [1.29, 1.82) is 0 Å². The maximum Gasteiger partial charge on any atom is 0.179 e. The van der Waals surface area contributed by atoms with E-state index in [1.165, 1.54) is 0 Å². The van der Waals surface area contributed by atoms with Crippen LogP contribution in [0.5, 0.6) is 0 Å². The number of rotatable bonds is 6. The minimum atomic E-state index is -3.14. The van der Waals surface area contributed by atoms with Gasteiger partial charge in [0.1, 0.15) is 0 Å². The zero-order chi connectivity index (χ0) is 11.1. The summed E-state index contributed by atoms with van der Waals surface area (Å²) in [6, 6.07) is 8.48. The maximum atomic E-state index is 11.7. The molecule has 1 rings (SSSR count). The molecule has 0 aliphatic rings. The molecule has 4 heteroatoms. The quantitative estimate of drug-likeness (QED) is 0.585. The first kappa shape index (κ1) is 11.9. The zero-order valence-corrected chi connectivity index (χ0v) is 9.33. The smallest absolute Gasteiger partial charge is 0.179 e. The standard InChI is InChI=1S/C11H15NO2S/c1-2-8-12-9-10-15(13,14)11-6-4-3-5-7-11/h2-7,12H,1,8-10H2. The van der Waals surface area contributed by atoms with Crippen molar-refractivity contribution in [3.63, 3.8) is 0 Å². The first-order valence-corrected chi connectivity index (χ1v) is 6.41. The third-order valence-electron chi connectivity index (χ3n) is 1.94. The molecule has 0 radical (unpaired) electrons. The fraction of sp³-hybridized carbons (Fsp3) is 0.273. The van der Waals surface area contributed by atoms with Crippen molar-refractivity contribution in [3.8, 4) is 0 Å². The number of hydrogen-bond acceptors (Lipinski definition) is 3. The third-order valence-corrected chi connectivity index (χ3v) is 3.67. The lowest BCUT2D eigenvalue weighted by molar-refractivity contribution is 0.592. The van der Waals surface area contributed by atoms with Gasteiger partial charge in [-0.2, -0.15) is 0 Å². The molecule has 0 aliphatic carbocycles. The van der Waals surface area contributed by atoms with E-state index in [1.54, 1.807) is 36.4 Å². The van der Waals surface area contributed by atoms with Crippen LogP contribution in [0.2, 0.25) is 0 Å². The highest BCUT2D eigenvalue weighted by Crippen LogP contribution is 2.08. The molecule has 0 spiro atoms. The van der Waals surface area contributed by atoms with Gasteiger partial charge < -0.3 is 5.32 Å². The van der Waals surface area contributed by atoms with E-state index in [9.17, 15) is 8.42 Å². The molecule has 3 nitrogen and oxygen atoms in total. The molecular formula is C11H15NO2S. The summed E-state index contributed by atoms with van der Waals surface area (Å²) in [5.41, 5.74) is 0. The zero-order valence-electron chi connectivity index (χ0n) is 8.52. The number of nitrogens with one attached hydrogen (secondary N) is 1. The van der Waals surface area contributed by atoms with Gasteiger partial charge in [-0.15, -0.1) is 6.58 Å². The van der Waals surface area contributed by atoms with Crippen LogP contribution in [0.15, 0.2) is 47.9 Å². The molecule has 0 unspecified atom stereocenters. The van der Waals surface area contributed by atoms with E-state index in [1.807, 2.05) is 0 Å². The molecule has 0 saturated carbocycles. The Morgan fingerprint density at radius 1 is 1.27 bits per heavy atom. The summed E-state index contributed by atoms with van der Waals surface area (Å²) in [6.45, 7) is 4.62. The molecule has 0 aromatic heterocycles. The maximum absolute atomic E-state index is 11.7. The molecule has 0 bridgehead atoms. The van der Waals surface area contributed by atoms with Gasteiger partial charge in [0.25, 0.3) is 0 Å². The number of benzene rings is 1. The number of hydrogen-bond donors (Lipinski definition) is 1. The minimum Gasteiger partial charge on any atom is -0.312 e. The summed E-state index contributed by atoms with van der Waals surface area (Å²) in [5.74, 6) is 0.116. The van der Waals surface area contributed by atoms with Gasteiger partial charge in [-0.25, -0.2) is 8.42 Å². The van der Waals surface area contributed by atoms with Crippen molar-refractivity contribution in [3.05, 3.63) is 43.0 Å². The topological polar surface area (TPSA) is 46.2 Å². The molecule has 1 N–H and O–H groups in total. The predicted octanol–water partition coefficient (Wildman–Crippen LogP) is 1.24. The first-order chi connectivity index (χ1) is 7.17. The van der Waals surface area contributed by atoms with Crippen LogP contribution in [0.3, 0.4) is 0 Å². The monoisotopic (exact) mass is 225 g/mol. The van der Waals surface area contributed by atoms with E-state index >= 15 is 0 Å². The van der Waals surface area contributed by atoms with Crippen LogP contribution >= 0.6 is 0 Å². The van der Waals surface area contributed by atoms with Gasteiger partial charge in [0.2, 0.25) is 0 Å². The highest BCUT2D eigenvalue weighted by Gasteiger charge is 2.12. The summed E-state index contributed by atoms with van der Waals surface area (Å²) in [5, 5.41) is 2.96. The van der Waals surface area contributed by atoms with Gasteiger partial charge in [-0.05, 0) is 12.1 Å². The van der Waals surface area contributed by atoms with Crippen LogP contribution in [-0.4, -0.2) is 27.3 Å². The summed E-state index contributed by atoms with van der Waals surface area (Å²) < 4.78 is 23.5. The van der Waals surface area contributed by atoms with Crippen molar-refractivity contribution in [2.75, 3.05) is 18.8 Å². The lowest BCUT2D eigenvalue weighted by atomic mass is 10.4. The first-order valence-electron chi connectivity index (χ1n) is 4.76. The van der Waals surface area contributed by atoms with Gasteiger partial charge in [-0.1, -0.05) is 24.3 Å². The molecule has 0 aliphatic heterocycles. The summed E-state index contributed by atoms with van der Waals surface area (Å²) in [4.78, 5) is 0.380. The molecule has 82 valence electrons. The van der Waals surface area contributed by atoms with Crippen LogP contribution in [-0.2, 0) is 9.84 Å². The molecule has 15 heavy (non-hydrogen) atoms. The van der Waals surface area contributed by atoms with E-state index < -0.39 is 9.84 Å². The molecule has 1 aromatic rings. The number of sulfone groups is 1. The highest BCUT2D eigenvalue weighted by atomic mass is 32.2. The fourth-order valence-corrected chi connectivity index (χ4v) is 2.38. The minimum absolute atomic E-state index is 0.116. The van der Waals surface area contributed by atoms with Crippen LogP contribution in [0.1, 0.15) is 0 Å². The van der Waals surface area contributed by atoms with Crippen molar-refractivity contribution in [2.45, 2.75) is 4.90 Å². The van der Waals surface area contributed by atoms with Gasteiger partial charge in [0.05, 0.1) is 10.6 Å². The van der Waals surface area contributed by atoms with E-state index in [-0.39, 0.29) is 5.75 Å². The lowest BCUT2D eigenvalue weighted by Crippen LogP contribution is -2.23. The van der Waals surface area contributed by atoms with E-state index in [0.717, 1.165) is 0 Å². The van der Waals surface area contributed by atoms with Crippen molar-refractivity contribution in [1.82, 2.24) is 5.32 Å². The van der Waals surface area contributed by atoms with E-state index in [4.69, 9.17) is 0 Å². The largest absolute Gasteiger partial charge is 0.312 e. The van der Waals surface area contributed by atoms with Crippen molar-refractivity contribution < 1.29 is 8.42 Å². The second-order valence-electron chi connectivity index (χ2n) is 3.12. The Bertz CT molecular complexity index is 398. The van der Waals surface area contributed by atoms with E-state index in [2.05, 4.69) is 11.9 Å². The van der Waals surface area contributed by atoms with Gasteiger partial charge >= 0.3 is 0 Å². The molecule has 1 aromatic carbocycles. The highest BCUT2D eigenvalue weighted by molar-refractivity contribution is 7.91. The van der Waals surface area contributed by atoms with Gasteiger partial charge in [0, 0.05) is 13.1 Å². The van der Waals surface area contributed by atoms with Crippen LogP contribution in [0.4, 0.5) is 0 Å². The Hall–Kier alpha value is -1.13. The molecule has 0 fully saturated rings. The molecule has 0 saturated heterocycles. The van der Waals surface area contributed by atoms with Crippen LogP contribution < -0.4 is 5.32 Å².